The van der Waals surface area contributed by atoms with Crippen LogP contribution >= 0.6 is 0 Å². The smallest absolute Gasteiger partial charge is 0.319 e. The summed E-state index contributed by atoms with van der Waals surface area (Å²) >= 11 is 0. The van der Waals surface area contributed by atoms with Crippen molar-refractivity contribution in [2.75, 3.05) is 5.32 Å². The maximum atomic E-state index is 12.1. The number of nitrogens with one attached hydrogen (secondary N) is 2. The summed E-state index contributed by atoms with van der Waals surface area (Å²) in [6.45, 7) is 2.52. The average molecular weight is 291 g/mol. The van der Waals surface area contributed by atoms with E-state index in [9.17, 15) is 4.79 Å². The van der Waals surface area contributed by atoms with Gasteiger partial charge < -0.3 is 10.6 Å². The van der Waals surface area contributed by atoms with Gasteiger partial charge in [-0.2, -0.15) is 0 Å². The molecule has 0 radical (unpaired) electrons. The highest BCUT2D eigenvalue weighted by atomic mass is 16.2. The summed E-state index contributed by atoms with van der Waals surface area (Å²) in [5.74, 6) is 0. The van der Waals surface area contributed by atoms with Crippen LogP contribution in [0.1, 0.15) is 11.1 Å². The predicted octanol–water partition coefficient (Wildman–Crippen LogP) is 3.86. The van der Waals surface area contributed by atoms with E-state index in [1.807, 2.05) is 55.5 Å². The summed E-state index contributed by atoms with van der Waals surface area (Å²) in [5.41, 5.74) is 3.75. The Kier molecular flexibility index (Phi) is 4.01. The number of pyridine rings is 1. The average Bonchev–Trinajstić information content (AvgIpc) is 2.53. The van der Waals surface area contributed by atoms with E-state index in [2.05, 4.69) is 21.7 Å². The summed E-state index contributed by atoms with van der Waals surface area (Å²) in [5, 5.41) is 6.72. The van der Waals surface area contributed by atoms with Gasteiger partial charge in [0, 0.05) is 18.1 Å². The van der Waals surface area contributed by atoms with E-state index >= 15 is 0 Å². The molecule has 4 nitrogen and oxygen atoms in total. The van der Waals surface area contributed by atoms with Crippen LogP contribution in [-0.4, -0.2) is 11.0 Å². The van der Waals surface area contributed by atoms with Crippen molar-refractivity contribution in [1.29, 1.82) is 0 Å². The topological polar surface area (TPSA) is 54.0 Å². The first-order valence-electron chi connectivity index (χ1n) is 7.16. The first-order chi connectivity index (χ1) is 10.7. The number of amides is 2. The number of hydrogen-bond donors (Lipinski definition) is 2. The van der Waals surface area contributed by atoms with Crippen molar-refractivity contribution in [3.63, 3.8) is 0 Å². The standard InChI is InChI=1S/C18H17N3O/c1-13-5-2-6-14(11-13)12-20-18(22)21-16-9-3-7-15-8-4-10-19-17(15)16/h2-11H,12H2,1H3,(H2,20,21,22). The predicted molar refractivity (Wildman–Crippen MR) is 88.8 cm³/mol. The van der Waals surface area contributed by atoms with Crippen LogP contribution in [-0.2, 0) is 6.54 Å². The number of hydrogen-bond acceptors (Lipinski definition) is 2. The third-order valence-electron chi connectivity index (χ3n) is 3.42. The number of urea groups is 1. The normalized spacial score (nSPS) is 10.4. The fourth-order valence-corrected chi connectivity index (χ4v) is 2.38. The van der Waals surface area contributed by atoms with Crippen LogP contribution in [0.4, 0.5) is 10.5 Å². The summed E-state index contributed by atoms with van der Waals surface area (Å²) in [7, 11) is 0. The zero-order valence-corrected chi connectivity index (χ0v) is 12.3. The van der Waals surface area contributed by atoms with Crippen LogP contribution in [0.25, 0.3) is 10.9 Å². The molecule has 0 unspecified atom stereocenters. The van der Waals surface area contributed by atoms with Crippen molar-refractivity contribution in [3.8, 4) is 0 Å². The Labute approximate surface area is 129 Å². The largest absolute Gasteiger partial charge is 0.334 e. The highest BCUT2D eigenvalue weighted by Gasteiger charge is 2.06. The molecule has 0 saturated heterocycles. The quantitative estimate of drug-likeness (QED) is 0.769. The van der Waals surface area contributed by atoms with Gasteiger partial charge in [-0.1, -0.05) is 48.0 Å². The molecular formula is C18H17N3O. The van der Waals surface area contributed by atoms with Gasteiger partial charge in [0.2, 0.25) is 0 Å². The van der Waals surface area contributed by atoms with Crippen LogP contribution in [0.3, 0.4) is 0 Å². The molecule has 0 aliphatic heterocycles. The van der Waals surface area contributed by atoms with Gasteiger partial charge in [-0.3, -0.25) is 4.98 Å². The molecule has 2 amide bonds. The van der Waals surface area contributed by atoms with E-state index in [4.69, 9.17) is 0 Å². The van der Waals surface area contributed by atoms with Crippen molar-refractivity contribution in [1.82, 2.24) is 10.3 Å². The van der Waals surface area contributed by atoms with Crippen molar-refractivity contribution >= 4 is 22.6 Å². The molecule has 2 N–H and O–H groups in total. The SMILES string of the molecule is Cc1cccc(CNC(=O)Nc2cccc3cccnc23)c1. The number of anilines is 1. The Morgan fingerprint density at radius 1 is 1.09 bits per heavy atom. The van der Waals surface area contributed by atoms with Crippen LogP contribution < -0.4 is 10.6 Å². The third kappa shape index (κ3) is 3.23. The lowest BCUT2D eigenvalue weighted by molar-refractivity contribution is 0.252. The number of fused-ring (bicyclic) bond motifs is 1. The maximum absolute atomic E-state index is 12.1. The van der Waals surface area contributed by atoms with Crippen LogP contribution in [0, 0.1) is 6.92 Å². The molecule has 0 aliphatic carbocycles. The molecule has 0 fully saturated rings. The minimum absolute atomic E-state index is 0.236. The van der Waals surface area contributed by atoms with Gasteiger partial charge in [0.05, 0.1) is 11.2 Å². The number of carbonyl (C=O) groups is 1. The second-order valence-electron chi connectivity index (χ2n) is 5.18. The third-order valence-corrected chi connectivity index (χ3v) is 3.42. The lowest BCUT2D eigenvalue weighted by atomic mass is 10.1. The van der Waals surface area contributed by atoms with Crippen molar-refractivity contribution in [3.05, 3.63) is 71.9 Å². The van der Waals surface area contributed by atoms with Crippen molar-refractivity contribution in [2.24, 2.45) is 0 Å². The zero-order valence-electron chi connectivity index (χ0n) is 12.3. The van der Waals surface area contributed by atoms with E-state index in [0.717, 1.165) is 16.5 Å². The maximum Gasteiger partial charge on any atom is 0.319 e. The van der Waals surface area contributed by atoms with E-state index < -0.39 is 0 Å². The van der Waals surface area contributed by atoms with Crippen LogP contribution in [0.5, 0.6) is 0 Å². The van der Waals surface area contributed by atoms with Gasteiger partial charge in [0.15, 0.2) is 0 Å². The molecule has 1 heterocycles. The van der Waals surface area contributed by atoms with Gasteiger partial charge in [-0.25, -0.2) is 4.79 Å². The monoisotopic (exact) mass is 291 g/mol. The molecule has 3 aromatic rings. The Balaban J connectivity index is 1.68. The Hall–Kier alpha value is -2.88. The fraction of sp³-hybridized carbons (Fsp3) is 0.111. The number of aromatic nitrogens is 1. The van der Waals surface area contributed by atoms with Crippen molar-refractivity contribution < 1.29 is 4.79 Å². The van der Waals surface area contributed by atoms with E-state index in [0.29, 0.717) is 12.2 Å². The van der Waals surface area contributed by atoms with E-state index in [-0.39, 0.29) is 6.03 Å². The molecule has 2 aromatic carbocycles. The minimum atomic E-state index is -0.236. The second-order valence-corrected chi connectivity index (χ2v) is 5.18. The zero-order chi connectivity index (χ0) is 15.4. The molecule has 3 rings (SSSR count). The number of para-hydroxylation sites is 1. The summed E-state index contributed by atoms with van der Waals surface area (Å²) in [4.78, 5) is 16.4. The number of benzene rings is 2. The Morgan fingerprint density at radius 2 is 1.91 bits per heavy atom. The first kappa shape index (κ1) is 14.1. The molecule has 4 heteroatoms. The Bertz CT molecular complexity index is 809. The first-order valence-corrected chi connectivity index (χ1v) is 7.16. The highest BCUT2D eigenvalue weighted by Crippen LogP contribution is 2.20. The number of nitrogens with zero attached hydrogens (tertiary/aromatic N) is 1. The van der Waals surface area contributed by atoms with Gasteiger partial charge in [-0.05, 0) is 24.6 Å². The molecular weight excluding hydrogens is 274 g/mol. The van der Waals surface area contributed by atoms with Crippen molar-refractivity contribution in [2.45, 2.75) is 13.5 Å². The number of carbonyl (C=O) groups excluding carboxylic acids is 1. The molecule has 1 aromatic heterocycles. The summed E-state index contributed by atoms with van der Waals surface area (Å²) < 4.78 is 0. The van der Waals surface area contributed by atoms with Gasteiger partial charge in [0.25, 0.3) is 0 Å². The Morgan fingerprint density at radius 3 is 2.77 bits per heavy atom. The molecule has 0 spiro atoms. The van der Waals surface area contributed by atoms with E-state index in [1.54, 1.807) is 6.20 Å². The molecule has 110 valence electrons. The van der Waals surface area contributed by atoms with Gasteiger partial charge in [0.1, 0.15) is 0 Å². The number of rotatable bonds is 3. The van der Waals surface area contributed by atoms with Gasteiger partial charge >= 0.3 is 6.03 Å². The van der Waals surface area contributed by atoms with Gasteiger partial charge in [-0.15, -0.1) is 0 Å². The molecule has 0 atom stereocenters. The molecule has 0 aliphatic rings. The summed E-state index contributed by atoms with van der Waals surface area (Å²) in [6.07, 6.45) is 1.72. The van der Waals surface area contributed by atoms with Crippen LogP contribution in [0.2, 0.25) is 0 Å². The lowest BCUT2D eigenvalue weighted by Gasteiger charge is -2.10. The molecule has 0 saturated carbocycles. The fourth-order valence-electron chi connectivity index (χ4n) is 2.38. The van der Waals surface area contributed by atoms with Crippen LogP contribution in [0.15, 0.2) is 60.8 Å². The summed E-state index contributed by atoms with van der Waals surface area (Å²) in [6, 6.07) is 17.4. The highest BCUT2D eigenvalue weighted by molar-refractivity contribution is 5.99. The second kappa shape index (κ2) is 6.26. The lowest BCUT2D eigenvalue weighted by Crippen LogP contribution is -2.28. The van der Waals surface area contributed by atoms with E-state index in [1.165, 1.54) is 5.56 Å². The number of aryl methyl sites for hydroxylation is 1. The molecule has 0 bridgehead atoms. The minimum Gasteiger partial charge on any atom is -0.334 e. The molecule has 22 heavy (non-hydrogen) atoms.